The zero-order chi connectivity index (χ0) is 16.4. The SMILES string of the molecule is O=C(c1ccc2c(c1)OCCN2c1ccccc1)N1CCCCC1. The number of rotatable bonds is 2. The van der Waals surface area contributed by atoms with Gasteiger partial charge in [-0.1, -0.05) is 18.2 Å². The molecule has 2 aromatic rings. The fraction of sp³-hybridized carbons (Fsp3) is 0.350. The highest BCUT2D eigenvalue weighted by molar-refractivity contribution is 5.95. The quantitative estimate of drug-likeness (QED) is 0.842. The van der Waals surface area contributed by atoms with E-state index in [-0.39, 0.29) is 5.91 Å². The fourth-order valence-electron chi connectivity index (χ4n) is 3.51. The second kappa shape index (κ2) is 6.56. The highest BCUT2D eigenvalue weighted by atomic mass is 16.5. The molecule has 0 spiro atoms. The largest absolute Gasteiger partial charge is 0.490 e. The van der Waals surface area contributed by atoms with Gasteiger partial charge >= 0.3 is 0 Å². The molecule has 1 saturated heterocycles. The number of para-hydroxylation sites is 1. The average Bonchev–Trinajstić information content (AvgIpc) is 2.68. The average molecular weight is 322 g/mol. The molecule has 0 saturated carbocycles. The summed E-state index contributed by atoms with van der Waals surface area (Å²) >= 11 is 0. The van der Waals surface area contributed by atoms with Crippen molar-refractivity contribution in [1.82, 2.24) is 4.90 Å². The number of ether oxygens (including phenoxy) is 1. The molecule has 0 aromatic heterocycles. The van der Waals surface area contributed by atoms with E-state index in [0.717, 1.165) is 55.2 Å². The number of piperidine rings is 1. The molecule has 0 bridgehead atoms. The van der Waals surface area contributed by atoms with E-state index in [4.69, 9.17) is 4.74 Å². The van der Waals surface area contributed by atoms with E-state index in [1.54, 1.807) is 0 Å². The highest BCUT2D eigenvalue weighted by Gasteiger charge is 2.23. The molecule has 4 heteroatoms. The summed E-state index contributed by atoms with van der Waals surface area (Å²) in [6, 6.07) is 16.1. The van der Waals surface area contributed by atoms with Crippen molar-refractivity contribution in [2.75, 3.05) is 31.1 Å². The maximum absolute atomic E-state index is 12.7. The molecular formula is C20H22N2O2. The van der Waals surface area contributed by atoms with Crippen molar-refractivity contribution >= 4 is 17.3 Å². The summed E-state index contributed by atoms with van der Waals surface area (Å²) < 4.78 is 5.84. The van der Waals surface area contributed by atoms with Crippen LogP contribution in [0.25, 0.3) is 0 Å². The summed E-state index contributed by atoms with van der Waals surface area (Å²) in [7, 11) is 0. The Kier molecular flexibility index (Phi) is 4.11. The molecule has 4 nitrogen and oxygen atoms in total. The van der Waals surface area contributed by atoms with Gasteiger partial charge in [0.1, 0.15) is 12.4 Å². The normalized spacial score (nSPS) is 17.2. The minimum Gasteiger partial charge on any atom is -0.490 e. The predicted octanol–water partition coefficient (Wildman–Crippen LogP) is 3.84. The molecule has 1 amide bonds. The molecule has 0 aliphatic carbocycles. The van der Waals surface area contributed by atoms with E-state index < -0.39 is 0 Å². The van der Waals surface area contributed by atoms with E-state index in [1.807, 2.05) is 41.3 Å². The number of hydrogen-bond acceptors (Lipinski definition) is 3. The Hall–Kier alpha value is -2.49. The predicted molar refractivity (Wildman–Crippen MR) is 95.1 cm³/mol. The van der Waals surface area contributed by atoms with Crippen LogP contribution in [-0.2, 0) is 0 Å². The van der Waals surface area contributed by atoms with Gasteiger partial charge in [-0.05, 0) is 49.6 Å². The number of benzene rings is 2. The number of anilines is 2. The smallest absolute Gasteiger partial charge is 0.253 e. The monoisotopic (exact) mass is 322 g/mol. The van der Waals surface area contributed by atoms with Crippen LogP contribution in [0.4, 0.5) is 11.4 Å². The molecule has 24 heavy (non-hydrogen) atoms. The van der Waals surface area contributed by atoms with Gasteiger partial charge in [0, 0.05) is 24.3 Å². The van der Waals surface area contributed by atoms with Gasteiger partial charge in [0.2, 0.25) is 0 Å². The van der Waals surface area contributed by atoms with Gasteiger partial charge in [-0.15, -0.1) is 0 Å². The third kappa shape index (κ3) is 2.84. The minimum atomic E-state index is 0.123. The first-order valence-electron chi connectivity index (χ1n) is 8.72. The first kappa shape index (κ1) is 15.1. The van der Waals surface area contributed by atoms with Crippen molar-refractivity contribution < 1.29 is 9.53 Å². The van der Waals surface area contributed by atoms with Gasteiger partial charge in [0.05, 0.1) is 12.2 Å². The molecule has 4 rings (SSSR count). The molecule has 0 radical (unpaired) electrons. The van der Waals surface area contributed by atoms with Crippen LogP contribution in [0, 0.1) is 0 Å². The van der Waals surface area contributed by atoms with Gasteiger partial charge in [0.25, 0.3) is 5.91 Å². The summed E-state index contributed by atoms with van der Waals surface area (Å²) in [6.45, 7) is 3.18. The van der Waals surface area contributed by atoms with Crippen molar-refractivity contribution in [3.8, 4) is 5.75 Å². The number of nitrogens with zero attached hydrogens (tertiary/aromatic N) is 2. The summed E-state index contributed by atoms with van der Waals surface area (Å²) in [5.41, 5.74) is 2.91. The molecule has 0 atom stereocenters. The van der Waals surface area contributed by atoms with Gasteiger partial charge in [-0.3, -0.25) is 4.79 Å². The van der Waals surface area contributed by atoms with Crippen LogP contribution in [0.3, 0.4) is 0 Å². The Morgan fingerprint density at radius 1 is 0.917 bits per heavy atom. The fourth-order valence-corrected chi connectivity index (χ4v) is 3.51. The number of carbonyl (C=O) groups is 1. The van der Waals surface area contributed by atoms with Gasteiger partial charge in [-0.2, -0.15) is 0 Å². The van der Waals surface area contributed by atoms with E-state index >= 15 is 0 Å². The van der Waals surface area contributed by atoms with Crippen LogP contribution in [0.2, 0.25) is 0 Å². The molecule has 2 heterocycles. The Balaban J connectivity index is 1.62. The van der Waals surface area contributed by atoms with Crippen LogP contribution in [0.15, 0.2) is 48.5 Å². The third-order valence-electron chi connectivity index (χ3n) is 4.78. The molecule has 2 aromatic carbocycles. The minimum absolute atomic E-state index is 0.123. The van der Waals surface area contributed by atoms with Crippen LogP contribution in [0.5, 0.6) is 5.75 Å². The first-order valence-corrected chi connectivity index (χ1v) is 8.72. The molecule has 1 fully saturated rings. The molecule has 2 aliphatic heterocycles. The van der Waals surface area contributed by atoms with E-state index in [9.17, 15) is 4.79 Å². The van der Waals surface area contributed by atoms with E-state index in [1.165, 1.54) is 6.42 Å². The number of likely N-dealkylation sites (tertiary alicyclic amines) is 1. The Morgan fingerprint density at radius 2 is 1.71 bits per heavy atom. The Bertz CT molecular complexity index is 724. The first-order chi connectivity index (χ1) is 11.8. The standard InChI is InChI=1S/C20H22N2O2/c23-20(21-11-5-2-6-12-21)16-9-10-18-19(15-16)24-14-13-22(18)17-7-3-1-4-8-17/h1,3-4,7-10,15H,2,5-6,11-14H2. The Labute approximate surface area is 142 Å². The second-order valence-corrected chi connectivity index (χ2v) is 6.37. The second-order valence-electron chi connectivity index (χ2n) is 6.37. The lowest BCUT2D eigenvalue weighted by molar-refractivity contribution is 0.0724. The van der Waals surface area contributed by atoms with Crippen LogP contribution in [0.1, 0.15) is 29.6 Å². The summed E-state index contributed by atoms with van der Waals surface area (Å²) in [5.74, 6) is 0.922. The van der Waals surface area contributed by atoms with Crippen molar-refractivity contribution in [2.24, 2.45) is 0 Å². The topological polar surface area (TPSA) is 32.8 Å². The molecule has 0 N–H and O–H groups in total. The lowest BCUT2D eigenvalue weighted by Gasteiger charge is -2.32. The number of amides is 1. The van der Waals surface area contributed by atoms with Crippen LogP contribution >= 0.6 is 0 Å². The van der Waals surface area contributed by atoms with E-state index in [2.05, 4.69) is 17.0 Å². The van der Waals surface area contributed by atoms with Crippen molar-refractivity contribution in [3.63, 3.8) is 0 Å². The van der Waals surface area contributed by atoms with Gasteiger partial charge in [-0.25, -0.2) is 0 Å². The lowest BCUT2D eigenvalue weighted by Crippen LogP contribution is -2.35. The maximum Gasteiger partial charge on any atom is 0.253 e. The van der Waals surface area contributed by atoms with Crippen molar-refractivity contribution in [2.45, 2.75) is 19.3 Å². The molecule has 2 aliphatic rings. The van der Waals surface area contributed by atoms with Crippen LogP contribution in [-0.4, -0.2) is 37.0 Å². The van der Waals surface area contributed by atoms with Crippen LogP contribution < -0.4 is 9.64 Å². The van der Waals surface area contributed by atoms with Gasteiger partial charge in [0.15, 0.2) is 0 Å². The molecule has 0 unspecified atom stereocenters. The maximum atomic E-state index is 12.7. The zero-order valence-electron chi connectivity index (χ0n) is 13.8. The van der Waals surface area contributed by atoms with Gasteiger partial charge < -0.3 is 14.5 Å². The highest BCUT2D eigenvalue weighted by Crippen LogP contribution is 2.37. The van der Waals surface area contributed by atoms with Crippen molar-refractivity contribution in [3.05, 3.63) is 54.1 Å². The van der Waals surface area contributed by atoms with Crippen molar-refractivity contribution in [1.29, 1.82) is 0 Å². The molecule has 124 valence electrons. The number of fused-ring (bicyclic) bond motifs is 1. The summed E-state index contributed by atoms with van der Waals surface area (Å²) in [6.07, 6.45) is 3.44. The van der Waals surface area contributed by atoms with E-state index in [0.29, 0.717) is 6.61 Å². The number of hydrogen-bond donors (Lipinski definition) is 0. The molecular weight excluding hydrogens is 300 g/mol. The summed E-state index contributed by atoms with van der Waals surface area (Å²) in [4.78, 5) is 16.9. The third-order valence-corrected chi connectivity index (χ3v) is 4.78. The summed E-state index contributed by atoms with van der Waals surface area (Å²) in [5, 5.41) is 0. The Morgan fingerprint density at radius 3 is 2.50 bits per heavy atom. The zero-order valence-corrected chi connectivity index (χ0v) is 13.8. The lowest BCUT2D eigenvalue weighted by atomic mass is 10.1. The number of carbonyl (C=O) groups excluding carboxylic acids is 1.